The Labute approximate surface area is 55.4 Å². The van der Waals surface area contributed by atoms with Gasteiger partial charge in [0.25, 0.3) is 0 Å². The smallest absolute Gasteiger partial charge is 0.0140 e. The lowest BCUT2D eigenvalue weighted by atomic mass is 10.2. The Hall–Kier alpha value is 0.0900. The van der Waals surface area contributed by atoms with E-state index < -0.39 is 0 Å². The zero-order valence-corrected chi connectivity index (χ0v) is 6.29. The first-order chi connectivity index (χ1) is 3.83. The number of allylic oxidation sites excluding steroid dienone is 2. The standard InChI is InChI=1S/C7H12S/c1-6-3-4-7(5-6)8-2/h5-6H,3-4H2,1-2H3. The van der Waals surface area contributed by atoms with E-state index in [1.54, 1.807) is 4.91 Å². The molecule has 0 fully saturated rings. The monoisotopic (exact) mass is 128 g/mol. The minimum atomic E-state index is 0.845. The fraction of sp³-hybridized carbons (Fsp3) is 0.714. The maximum Gasteiger partial charge on any atom is -0.0140 e. The number of thioether (sulfide) groups is 1. The molecule has 1 aliphatic carbocycles. The second-order valence-electron chi connectivity index (χ2n) is 2.35. The van der Waals surface area contributed by atoms with E-state index in [4.69, 9.17) is 0 Å². The van der Waals surface area contributed by atoms with Crippen LogP contribution in [-0.2, 0) is 0 Å². The highest BCUT2D eigenvalue weighted by molar-refractivity contribution is 8.02. The fourth-order valence-corrected chi connectivity index (χ4v) is 1.71. The first-order valence-corrected chi connectivity index (χ1v) is 4.30. The van der Waals surface area contributed by atoms with Crippen molar-refractivity contribution in [2.45, 2.75) is 19.8 Å². The average Bonchev–Trinajstić information content (AvgIpc) is 2.14. The number of hydrogen-bond donors (Lipinski definition) is 0. The van der Waals surface area contributed by atoms with E-state index in [1.807, 2.05) is 11.8 Å². The van der Waals surface area contributed by atoms with Gasteiger partial charge < -0.3 is 0 Å². The Balaban J connectivity index is 2.44. The molecule has 0 amide bonds. The van der Waals surface area contributed by atoms with Gasteiger partial charge in [-0.15, -0.1) is 11.8 Å². The summed E-state index contributed by atoms with van der Waals surface area (Å²) >= 11 is 1.90. The van der Waals surface area contributed by atoms with Crippen molar-refractivity contribution >= 4 is 11.8 Å². The minimum absolute atomic E-state index is 0.845. The summed E-state index contributed by atoms with van der Waals surface area (Å²) in [5.41, 5.74) is 0. The van der Waals surface area contributed by atoms with E-state index in [1.165, 1.54) is 12.8 Å². The lowest BCUT2D eigenvalue weighted by Crippen LogP contribution is -1.76. The molecule has 0 N–H and O–H groups in total. The van der Waals surface area contributed by atoms with Gasteiger partial charge in [0, 0.05) is 0 Å². The minimum Gasteiger partial charge on any atom is -0.134 e. The molecule has 0 spiro atoms. The number of hydrogen-bond acceptors (Lipinski definition) is 1. The van der Waals surface area contributed by atoms with Gasteiger partial charge in [-0.1, -0.05) is 13.0 Å². The van der Waals surface area contributed by atoms with Gasteiger partial charge >= 0.3 is 0 Å². The third-order valence-electron chi connectivity index (χ3n) is 1.58. The Bertz CT molecular complexity index is 105. The van der Waals surface area contributed by atoms with E-state index in [-0.39, 0.29) is 0 Å². The summed E-state index contributed by atoms with van der Waals surface area (Å²) in [5, 5.41) is 0. The molecule has 0 aromatic rings. The highest BCUT2D eigenvalue weighted by Gasteiger charge is 2.08. The molecule has 0 nitrogen and oxygen atoms in total. The van der Waals surface area contributed by atoms with Crippen molar-refractivity contribution in [2.75, 3.05) is 6.26 Å². The van der Waals surface area contributed by atoms with E-state index in [0.717, 1.165) is 5.92 Å². The normalized spacial score (nSPS) is 28.2. The molecular weight excluding hydrogens is 116 g/mol. The third kappa shape index (κ3) is 1.28. The SMILES string of the molecule is CSC1=CC(C)CC1. The summed E-state index contributed by atoms with van der Waals surface area (Å²) in [6.07, 6.45) is 7.23. The van der Waals surface area contributed by atoms with Gasteiger partial charge in [0.1, 0.15) is 0 Å². The summed E-state index contributed by atoms with van der Waals surface area (Å²) in [5.74, 6) is 0.845. The van der Waals surface area contributed by atoms with Gasteiger partial charge in [-0.25, -0.2) is 0 Å². The van der Waals surface area contributed by atoms with Crippen LogP contribution in [0.25, 0.3) is 0 Å². The average molecular weight is 128 g/mol. The Kier molecular flexibility index (Phi) is 2.01. The molecule has 1 rings (SSSR count). The van der Waals surface area contributed by atoms with Gasteiger partial charge in [0.2, 0.25) is 0 Å². The molecule has 1 aliphatic rings. The van der Waals surface area contributed by atoms with Crippen LogP contribution in [0.15, 0.2) is 11.0 Å². The van der Waals surface area contributed by atoms with E-state index in [9.17, 15) is 0 Å². The first kappa shape index (κ1) is 6.21. The van der Waals surface area contributed by atoms with Gasteiger partial charge in [-0.05, 0) is 29.9 Å². The molecule has 1 unspecified atom stereocenters. The Morgan fingerprint density at radius 1 is 1.75 bits per heavy atom. The molecule has 0 bridgehead atoms. The molecule has 0 aliphatic heterocycles. The predicted molar refractivity (Wildman–Crippen MR) is 40.0 cm³/mol. The first-order valence-electron chi connectivity index (χ1n) is 3.07. The molecule has 8 heavy (non-hydrogen) atoms. The van der Waals surface area contributed by atoms with E-state index >= 15 is 0 Å². The van der Waals surface area contributed by atoms with Crippen molar-refractivity contribution in [1.82, 2.24) is 0 Å². The zero-order valence-electron chi connectivity index (χ0n) is 5.48. The highest BCUT2D eigenvalue weighted by atomic mass is 32.2. The second kappa shape index (κ2) is 2.58. The van der Waals surface area contributed by atoms with Crippen LogP contribution in [0.4, 0.5) is 0 Å². The van der Waals surface area contributed by atoms with Crippen LogP contribution in [0.5, 0.6) is 0 Å². The van der Waals surface area contributed by atoms with Crippen LogP contribution in [-0.4, -0.2) is 6.26 Å². The van der Waals surface area contributed by atoms with Crippen molar-refractivity contribution in [3.63, 3.8) is 0 Å². The predicted octanol–water partition coefficient (Wildman–Crippen LogP) is 2.66. The lowest BCUT2D eigenvalue weighted by Gasteiger charge is -1.89. The van der Waals surface area contributed by atoms with Gasteiger partial charge in [0.15, 0.2) is 0 Å². The molecule has 0 aromatic carbocycles. The molecule has 1 heteroatoms. The van der Waals surface area contributed by atoms with Crippen molar-refractivity contribution < 1.29 is 0 Å². The van der Waals surface area contributed by atoms with Crippen LogP contribution in [0.3, 0.4) is 0 Å². The second-order valence-corrected chi connectivity index (χ2v) is 3.29. The molecule has 0 saturated carbocycles. The molecule has 0 saturated heterocycles. The summed E-state index contributed by atoms with van der Waals surface area (Å²) in [4.78, 5) is 1.58. The molecule has 1 atom stereocenters. The third-order valence-corrected chi connectivity index (χ3v) is 2.44. The maximum atomic E-state index is 2.38. The topological polar surface area (TPSA) is 0 Å². The fourth-order valence-electron chi connectivity index (χ4n) is 1.02. The van der Waals surface area contributed by atoms with Crippen LogP contribution in [0.2, 0.25) is 0 Å². The van der Waals surface area contributed by atoms with E-state index in [0.29, 0.717) is 0 Å². The van der Waals surface area contributed by atoms with Gasteiger partial charge in [0.05, 0.1) is 0 Å². The summed E-state index contributed by atoms with van der Waals surface area (Å²) in [6.45, 7) is 2.28. The van der Waals surface area contributed by atoms with Crippen molar-refractivity contribution in [3.05, 3.63) is 11.0 Å². The van der Waals surface area contributed by atoms with Crippen molar-refractivity contribution in [3.8, 4) is 0 Å². The van der Waals surface area contributed by atoms with Crippen molar-refractivity contribution in [2.24, 2.45) is 5.92 Å². The quantitative estimate of drug-likeness (QED) is 0.523. The van der Waals surface area contributed by atoms with E-state index in [2.05, 4.69) is 19.3 Å². The van der Waals surface area contributed by atoms with Crippen LogP contribution < -0.4 is 0 Å². The van der Waals surface area contributed by atoms with Crippen LogP contribution >= 0.6 is 11.8 Å². The Morgan fingerprint density at radius 2 is 2.50 bits per heavy atom. The van der Waals surface area contributed by atoms with Crippen LogP contribution in [0.1, 0.15) is 19.8 Å². The zero-order chi connectivity index (χ0) is 5.98. The Morgan fingerprint density at radius 3 is 2.75 bits per heavy atom. The molecule has 0 heterocycles. The molecule has 46 valence electrons. The summed E-state index contributed by atoms with van der Waals surface area (Å²) in [6, 6.07) is 0. The molecular formula is C7H12S. The summed E-state index contributed by atoms with van der Waals surface area (Å²) < 4.78 is 0. The molecule has 0 radical (unpaired) electrons. The number of rotatable bonds is 1. The van der Waals surface area contributed by atoms with Crippen LogP contribution in [0, 0.1) is 5.92 Å². The lowest BCUT2D eigenvalue weighted by molar-refractivity contribution is 0.701. The van der Waals surface area contributed by atoms with Gasteiger partial charge in [-0.2, -0.15) is 0 Å². The maximum absolute atomic E-state index is 2.38. The molecule has 0 aromatic heterocycles. The largest absolute Gasteiger partial charge is 0.134 e. The van der Waals surface area contributed by atoms with Gasteiger partial charge in [-0.3, -0.25) is 0 Å². The highest BCUT2D eigenvalue weighted by Crippen LogP contribution is 2.29. The van der Waals surface area contributed by atoms with Crippen molar-refractivity contribution in [1.29, 1.82) is 0 Å². The summed E-state index contributed by atoms with van der Waals surface area (Å²) in [7, 11) is 0.